The van der Waals surface area contributed by atoms with Gasteiger partial charge < -0.3 is 10.2 Å². The first-order valence-corrected chi connectivity index (χ1v) is 6.83. The Labute approximate surface area is 105 Å². The highest BCUT2D eigenvalue weighted by molar-refractivity contribution is 5.15. The third-order valence-electron chi connectivity index (χ3n) is 5.34. The van der Waals surface area contributed by atoms with E-state index < -0.39 is 5.60 Å². The summed E-state index contributed by atoms with van der Waals surface area (Å²) in [6.45, 7) is 10.2. The first kappa shape index (κ1) is 13.1. The number of rotatable bonds is 1. The van der Waals surface area contributed by atoms with E-state index in [-0.39, 0.29) is 11.5 Å². The van der Waals surface area contributed by atoms with E-state index in [1.54, 1.807) is 0 Å². The van der Waals surface area contributed by atoms with Crippen molar-refractivity contribution in [2.24, 2.45) is 17.3 Å². The molecule has 2 aliphatic rings. The molecule has 2 nitrogen and oxygen atoms in total. The van der Waals surface area contributed by atoms with Crippen LogP contribution in [0.3, 0.4) is 0 Å². The Morgan fingerprint density at radius 1 is 1.35 bits per heavy atom. The monoisotopic (exact) mass is 238 g/mol. The fourth-order valence-electron chi connectivity index (χ4n) is 3.83. The average molecular weight is 238 g/mol. The van der Waals surface area contributed by atoms with Crippen LogP contribution in [0, 0.1) is 17.3 Å². The summed E-state index contributed by atoms with van der Waals surface area (Å²) in [5.74, 6) is 0.721. The Morgan fingerprint density at radius 3 is 2.59 bits per heavy atom. The Bertz CT molecular complexity index is 315. The van der Waals surface area contributed by atoms with E-state index in [9.17, 15) is 10.2 Å². The minimum atomic E-state index is -0.607. The zero-order valence-corrected chi connectivity index (χ0v) is 11.4. The number of fused-ring (bicyclic) bond motifs is 1. The number of hydrogen-bond acceptors (Lipinski definition) is 2. The van der Waals surface area contributed by atoms with Crippen molar-refractivity contribution >= 4 is 0 Å². The number of aliphatic hydroxyl groups is 2. The maximum atomic E-state index is 10.3. The predicted molar refractivity (Wildman–Crippen MR) is 69.6 cm³/mol. The quantitative estimate of drug-likeness (QED) is 0.690. The second kappa shape index (κ2) is 4.10. The van der Waals surface area contributed by atoms with Crippen molar-refractivity contribution in [3.05, 3.63) is 12.2 Å². The van der Waals surface area contributed by atoms with Gasteiger partial charge in [0.25, 0.3) is 0 Å². The molecule has 0 unspecified atom stereocenters. The molecule has 2 aliphatic carbocycles. The maximum absolute atomic E-state index is 10.3. The molecule has 0 radical (unpaired) electrons. The minimum Gasteiger partial charge on any atom is -0.393 e. The minimum absolute atomic E-state index is 0.00289. The van der Waals surface area contributed by atoms with Gasteiger partial charge in [0.2, 0.25) is 0 Å². The lowest BCUT2D eigenvalue weighted by Crippen LogP contribution is -2.50. The molecule has 17 heavy (non-hydrogen) atoms. The van der Waals surface area contributed by atoms with Crippen LogP contribution in [-0.2, 0) is 0 Å². The topological polar surface area (TPSA) is 40.5 Å². The van der Waals surface area contributed by atoms with Crippen LogP contribution in [0.5, 0.6) is 0 Å². The average Bonchev–Trinajstić information content (AvgIpc) is 2.22. The molecule has 0 bridgehead atoms. The van der Waals surface area contributed by atoms with E-state index in [0.717, 1.165) is 32.1 Å². The third-order valence-corrected chi connectivity index (χ3v) is 5.34. The second-order valence-electron chi connectivity index (χ2n) is 6.90. The Kier molecular flexibility index (Phi) is 3.16. The highest BCUT2D eigenvalue weighted by atomic mass is 16.3. The van der Waals surface area contributed by atoms with Crippen LogP contribution in [0.1, 0.15) is 52.9 Å². The van der Waals surface area contributed by atoms with E-state index in [0.29, 0.717) is 11.8 Å². The van der Waals surface area contributed by atoms with Gasteiger partial charge in [-0.05, 0) is 57.8 Å². The molecule has 0 aliphatic heterocycles. The van der Waals surface area contributed by atoms with Crippen molar-refractivity contribution < 1.29 is 10.2 Å². The molecule has 2 rings (SSSR count). The molecule has 0 aromatic rings. The lowest BCUT2D eigenvalue weighted by molar-refractivity contribution is -0.0887. The van der Waals surface area contributed by atoms with Crippen LogP contribution in [0.2, 0.25) is 0 Å². The Balaban J connectivity index is 2.21. The summed E-state index contributed by atoms with van der Waals surface area (Å²) in [4.78, 5) is 0. The van der Waals surface area contributed by atoms with E-state index in [1.165, 1.54) is 5.57 Å². The summed E-state index contributed by atoms with van der Waals surface area (Å²) in [5, 5.41) is 20.4. The van der Waals surface area contributed by atoms with Gasteiger partial charge in [-0.3, -0.25) is 0 Å². The summed E-state index contributed by atoms with van der Waals surface area (Å²) in [6.07, 6.45) is 4.61. The van der Waals surface area contributed by atoms with Gasteiger partial charge in [-0.25, -0.2) is 0 Å². The molecule has 2 saturated carbocycles. The van der Waals surface area contributed by atoms with Crippen molar-refractivity contribution in [1.82, 2.24) is 0 Å². The fraction of sp³-hybridized carbons (Fsp3) is 0.867. The van der Waals surface area contributed by atoms with Crippen LogP contribution in [0.15, 0.2) is 12.2 Å². The normalized spacial score (nSPS) is 43.4. The smallest absolute Gasteiger partial charge is 0.0620 e. The lowest BCUT2D eigenvalue weighted by atomic mass is 9.54. The number of hydrogen-bond donors (Lipinski definition) is 2. The van der Waals surface area contributed by atoms with Gasteiger partial charge in [-0.2, -0.15) is 0 Å². The number of aliphatic hydroxyl groups excluding tert-OH is 1. The molecule has 0 spiro atoms. The fourth-order valence-corrected chi connectivity index (χ4v) is 3.83. The summed E-state index contributed by atoms with van der Waals surface area (Å²) in [6, 6.07) is 0. The molecule has 0 amide bonds. The molecule has 98 valence electrons. The van der Waals surface area contributed by atoms with Gasteiger partial charge in [0.05, 0.1) is 11.7 Å². The maximum Gasteiger partial charge on any atom is 0.0620 e. The SMILES string of the molecule is C=C1CC[C@@H](O)[C@@]2(C)CC[C@H](C(C)(C)O)C[C@H]12. The first-order chi connectivity index (χ1) is 7.75. The van der Waals surface area contributed by atoms with Crippen LogP contribution in [-0.4, -0.2) is 21.9 Å². The summed E-state index contributed by atoms with van der Waals surface area (Å²) in [5.41, 5.74) is 0.674. The molecule has 4 atom stereocenters. The molecular formula is C15H26O2. The van der Waals surface area contributed by atoms with Gasteiger partial charge in [0.1, 0.15) is 0 Å². The van der Waals surface area contributed by atoms with E-state index in [1.807, 2.05) is 13.8 Å². The van der Waals surface area contributed by atoms with Crippen LogP contribution in [0.25, 0.3) is 0 Å². The van der Waals surface area contributed by atoms with Crippen LogP contribution >= 0.6 is 0 Å². The molecule has 0 aromatic carbocycles. The van der Waals surface area contributed by atoms with Gasteiger partial charge in [0, 0.05) is 5.41 Å². The predicted octanol–water partition coefficient (Wildman–Crippen LogP) is 2.89. The van der Waals surface area contributed by atoms with E-state index in [4.69, 9.17) is 0 Å². The first-order valence-electron chi connectivity index (χ1n) is 6.83. The zero-order valence-electron chi connectivity index (χ0n) is 11.4. The van der Waals surface area contributed by atoms with Gasteiger partial charge in [0.15, 0.2) is 0 Å². The molecule has 0 heterocycles. The summed E-state index contributed by atoms with van der Waals surface area (Å²) >= 11 is 0. The summed E-state index contributed by atoms with van der Waals surface area (Å²) in [7, 11) is 0. The Hall–Kier alpha value is -0.340. The highest BCUT2D eigenvalue weighted by Crippen LogP contribution is 2.54. The van der Waals surface area contributed by atoms with E-state index >= 15 is 0 Å². The van der Waals surface area contributed by atoms with Crippen molar-refractivity contribution in [2.75, 3.05) is 0 Å². The molecular weight excluding hydrogens is 212 g/mol. The van der Waals surface area contributed by atoms with Crippen molar-refractivity contribution in [2.45, 2.75) is 64.6 Å². The molecule has 2 N–H and O–H groups in total. The van der Waals surface area contributed by atoms with Crippen LogP contribution < -0.4 is 0 Å². The highest BCUT2D eigenvalue weighted by Gasteiger charge is 2.50. The lowest BCUT2D eigenvalue weighted by Gasteiger charge is -2.53. The van der Waals surface area contributed by atoms with Crippen LogP contribution in [0.4, 0.5) is 0 Å². The van der Waals surface area contributed by atoms with Crippen molar-refractivity contribution in [3.63, 3.8) is 0 Å². The zero-order chi connectivity index (χ0) is 12.8. The number of allylic oxidation sites excluding steroid dienone is 1. The van der Waals surface area contributed by atoms with Gasteiger partial charge in [-0.15, -0.1) is 0 Å². The molecule has 2 fully saturated rings. The molecule has 2 heteroatoms. The van der Waals surface area contributed by atoms with Gasteiger partial charge in [-0.1, -0.05) is 19.1 Å². The largest absolute Gasteiger partial charge is 0.393 e. The Morgan fingerprint density at radius 2 is 2.00 bits per heavy atom. The summed E-state index contributed by atoms with van der Waals surface area (Å²) < 4.78 is 0. The second-order valence-corrected chi connectivity index (χ2v) is 6.90. The third kappa shape index (κ3) is 2.17. The van der Waals surface area contributed by atoms with Crippen molar-refractivity contribution in [1.29, 1.82) is 0 Å². The standard InChI is InChI=1S/C15H26O2/c1-10-5-6-13(16)15(4)8-7-11(9-12(10)15)14(2,3)17/h11-13,16-17H,1,5-9H2,2-4H3/t11-,12+,13+,15-/m0/s1. The van der Waals surface area contributed by atoms with Gasteiger partial charge >= 0.3 is 0 Å². The molecule has 0 saturated heterocycles. The molecule has 0 aromatic heterocycles. The van der Waals surface area contributed by atoms with E-state index in [2.05, 4.69) is 13.5 Å². The van der Waals surface area contributed by atoms with Crippen molar-refractivity contribution in [3.8, 4) is 0 Å².